The molecule has 2 N–H and O–H groups in total. The molecule has 0 radical (unpaired) electrons. The molecule has 0 aromatic carbocycles. The van der Waals surface area contributed by atoms with Crippen LogP contribution in [0.3, 0.4) is 0 Å². The van der Waals surface area contributed by atoms with Crippen LogP contribution in [0.1, 0.15) is 44.9 Å². The highest BCUT2D eigenvalue weighted by molar-refractivity contribution is 4.89. The highest BCUT2D eigenvalue weighted by atomic mass is 15.1. The molecule has 0 heterocycles. The van der Waals surface area contributed by atoms with E-state index in [9.17, 15) is 0 Å². The second-order valence-corrected chi connectivity index (χ2v) is 3.91. The van der Waals surface area contributed by atoms with E-state index in [-0.39, 0.29) is 0 Å². The molecule has 0 aliphatic heterocycles. The van der Waals surface area contributed by atoms with Crippen molar-refractivity contribution in [3.8, 4) is 0 Å². The van der Waals surface area contributed by atoms with Crippen molar-refractivity contribution in [2.75, 3.05) is 7.05 Å². The fourth-order valence-electron chi connectivity index (χ4n) is 1.92. The lowest BCUT2D eigenvalue weighted by atomic mass is 9.97. The second-order valence-electron chi connectivity index (χ2n) is 3.91. The van der Waals surface area contributed by atoms with E-state index < -0.39 is 0 Å². The Bertz CT molecular complexity index is 146. The Kier molecular flexibility index (Phi) is 4.73. The van der Waals surface area contributed by atoms with E-state index in [1.807, 2.05) is 7.05 Å². The van der Waals surface area contributed by atoms with Gasteiger partial charge in [0.1, 0.15) is 0 Å². The van der Waals surface area contributed by atoms with Crippen LogP contribution in [0.4, 0.5) is 0 Å². The molecule has 0 unspecified atom stereocenters. The van der Waals surface area contributed by atoms with Gasteiger partial charge in [-0.1, -0.05) is 38.7 Å². The van der Waals surface area contributed by atoms with Gasteiger partial charge in [0, 0.05) is 13.1 Å². The minimum atomic E-state index is 0.653. The molecule has 1 rings (SSSR count). The van der Waals surface area contributed by atoms with Gasteiger partial charge in [-0.15, -0.1) is 0 Å². The first-order valence-electron chi connectivity index (χ1n) is 5.46. The fourth-order valence-corrected chi connectivity index (χ4v) is 1.92. The number of nitrogens with one attached hydrogen (secondary N) is 2. The van der Waals surface area contributed by atoms with Gasteiger partial charge >= 0.3 is 0 Å². The van der Waals surface area contributed by atoms with E-state index in [0.717, 1.165) is 5.82 Å². The van der Waals surface area contributed by atoms with Crippen molar-refractivity contribution in [3.63, 3.8) is 0 Å². The Balaban J connectivity index is 2.25. The average molecular weight is 182 g/mol. The quantitative estimate of drug-likeness (QED) is 0.700. The van der Waals surface area contributed by atoms with Gasteiger partial charge in [-0.25, -0.2) is 0 Å². The van der Waals surface area contributed by atoms with E-state index in [1.165, 1.54) is 44.9 Å². The summed E-state index contributed by atoms with van der Waals surface area (Å²) in [6.07, 6.45) is 9.60. The summed E-state index contributed by atoms with van der Waals surface area (Å²) < 4.78 is 0. The number of hydrogen-bond donors (Lipinski definition) is 2. The van der Waals surface area contributed by atoms with Crippen molar-refractivity contribution in [2.45, 2.75) is 51.0 Å². The molecule has 2 heteroatoms. The predicted molar refractivity (Wildman–Crippen MR) is 57.4 cm³/mol. The Morgan fingerprint density at radius 1 is 1.08 bits per heavy atom. The molecule has 0 spiro atoms. The van der Waals surface area contributed by atoms with Crippen LogP contribution < -0.4 is 10.6 Å². The normalized spacial score (nSPS) is 20.1. The molecule has 1 aliphatic rings. The van der Waals surface area contributed by atoms with Crippen molar-refractivity contribution < 1.29 is 0 Å². The topological polar surface area (TPSA) is 24.1 Å². The van der Waals surface area contributed by atoms with Gasteiger partial charge in [0.05, 0.1) is 5.82 Å². The summed E-state index contributed by atoms with van der Waals surface area (Å²) in [4.78, 5) is 0. The van der Waals surface area contributed by atoms with E-state index in [1.54, 1.807) is 0 Å². The van der Waals surface area contributed by atoms with Crippen LogP contribution in [0.15, 0.2) is 12.4 Å². The SMILES string of the molecule is C=C(NC)NC1CCCCCCC1. The zero-order chi connectivity index (χ0) is 9.52. The van der Waals surface area contributed by atoms with E-state index in [0.29, 0.717) is 6.04 Å². The highest BCUT2D eigenvalue weighted by Crippen LogP contribution is 2.17. The first-order chi connectivity index (χ1) is 6.33. The van der Waals surface area contributed by atoms with Crippen LogP contribution >= 0.6 is 0 Å². The molecular formula is C11H22N2. The lowest BCUT2D eigenvalue weighted by Crippen LogP contribution is -2.33. The van der Waals surface area contributed by atoms with Crippen LogP contribution in [0.5, 0.6) is 0 Å². The van der Waals surface area contributed by atoms with Crippen molar-refractivity contribution in [1.29, 1.82) is 0 Å². The summed E-state index contributed by atoms with van der Waals surface area (Å²) in [5.74, 6) is 0.963. The van der Waals surface area contributed by atoms with Crippen molar-refractivity contribution >= 4 is 0 Å². The van der Waals surface area contributed by atoms with Gasteiger partial charge in [0.25, 0.3) is 0 Å². The van der Waals surface area contributed by atoms with Crippen LogP contribution in [-0.4, -0.2) is 13.1 Å². The molecule has 13 heavy (non-hydrogen) atoms. The summed E-state index contributed by atoms with van der Waals surface area (Å²) in [5, 5.41) is 6.47. The van der Waals surface area contributed by atoms with Gasteiger partial charge in [-0.3, -0.25) is 0 Å². The maximum absolute atomic E-state index is 3.90. The van der Waals surface area contributed by atoms with Gasteiger partial charge in [-0.05, 0) is 12.8 Å². The smallest absolute Gasteiger partial charge is 0.0911 e. The minimum absolute atomic E-state index is 0.653. The molecule has 0 saturated heterocycles. The second kappa shape index (κ2) is 5.90. The van der Waals surface area contributed by atoms with Crippen molar-refractivity contribution in [2.24, 2.45) is 0 Å². The van der Waals surface area contributed by atoms with Gasteiger partial charge in [0.2, 0.25) is 0 Å². The van der Waals surface area contributed by atoms with Gasteiger partial charge in [0.15, 0.2) is 0 Å². The maximum atomic E-state index is 3.90. The van der Waals surface area contributed by atoms with Gasteiger partial charge in [-0.2, -0.15) is 0 Å². The molecule has 1 saturated carbocycles. The molecule has 0 bridgehead atoms. The Labute approximate surface area is 81.8 Å². The minimum Gasteiger partial charge on any atom is -0.375 e. The third kappa shape index (κ3) is 4.20. The maximum Gasteiger partial charge on any atom is 0.0911 e. The third-order valence-electron chi connectivity index (χ3n) is 2.79. The van der Waals surface area contributed by atoms with Crippen LogP contribution in [-0.2, 0) is 0 Å². The van der Waals surface area contributed by atoms with E-state index in [2.05, 4.69) is 17.2 Å². The Morgan fingerprint density at radius 3 is 2.15 bits per heavy atom. The zero-order valence-electron chi connectivity index (χ0n) is 8.73. The summed E-state index contributed by atoms with van der Waals surface area (Å²) in [6, 6.07) is 0.653. The summed E-state index contributed by atoms with van der Waals surface area (Å²) in [7, 11) is 1.91. The average Bonchev–Trinajstić information content (AvgIpc) is 2.09. The molecule has 76 valence electrons. The monoisotopic (exact) mass is 182 g/mol. The molecule has 1 aliphatic carbocycles. The van der Waals surface area contributed by atoms with Crippen molar-refractivity contribution in [3.05, 3.63) is 12.4 Å². The lowest BCUT2D eigenvalue weighted by molar-refractivity contribution is 0.407. The molecule has 2 nitrogen and oxygen atoms in total. The molecular weight excluding hydrogens is 160 g/mol. The standard InChI is InChI=1S/C11H22N2/c1-10(12-2)13-11-8-6-4-3-5-7-9-11/h11-13H,1,3-9H2,2H3. The summed E-state index contributed by atoms with van der Waals surface area (Å²) in [6.45, 7) is 3.90. The van der Waals surface area contributed by atoms with Gasteiger partial charge < -0.3 is 10.6 Å². The molecule has 0 amide bonds. The molecule has 0 atom stereocenters. The highest BCUT2D eigenvalue weighted by Gasteiger charge is 2.10. The molecule has 0 aromatic heterocycles. The van der Waals surface area contributed by atoms with Crippen molar-refractivity contribution in [1.82, 2.24) is 10.6 Å². The lowest BCUT2D eigenvalue weighted by Gasteiger charge is -2.22. The third-order valence-corrected chi connectivity index (χ3v) is 2.79. The summed E-state index contributed by atoms with van der Waals surface area (Å²) in [5.41, 5.74) is 0. The Morgan fingerprint density at radius 2 is 1.62 bits per heavy atom. The largest absolute Gasteiger partial charge is 0.375 e. The number of hydrogen-bond acceptors (Lipinski definition) is 2. The van der Waals surface area contributed by atoms with E-state index in [4.69, 9.17) is 0 Å². The first kappa shape index (κ1) is 10.4. The zero-order valence-corrected chi connectivity index (χ0v) is 8.73. The predicted octanol–water partition coefficient (Wildman–Crippen LogP) is 2.38. The van der Waals surface area contributed by atoms with Crippen LogP contribution in [0, 0.1) is 0 Å². The van der Waals surface area contributed by atoms with E-state index >= 15 is 0 Å². The number of rotatable bonds is 3. The van der Waals surface area contributed by atoms with Crippen LogP contribution in [0.25, 0.3) is 0 Å². The first-order valence-corrected chi connectivity index (χ1v) is 5.46. The fraction of sp³-hybridized carbons (Fsp3) is 0.818. The summed E-state index contributed by atoms with van der Waals surface area (Å²) >= 11 is 0. The van der Waals surface area contributed by atoms with Crippen LogP contribution in [0.2, 0.25) is 0 Å². The molecule has 1 fully saturated rings. The molecule has 0 aromatic rings. The Hall–Kier alpha value is -0.660.